The Bertz CT molecular complexity index is 624. The molecule has 1 aromatic rings. The van der Waals surface area contributed by atoms with Crippen LogP contribution >= 0.6 is 0 Å². The molecule has 0 atom stereocenters. The van der Waals surface area contributed by atoms with E-state index < -0.39 is 27.4 Å². The summed E-state index contributed by atoms with van der Waals surface area (Å²) in [5.41, 5.74) is 1.80. The van der Waals surface area contributed by atoms with Gasteiger partial charge in [-0.15, -0.1) is 0 Å². The van der Waals surface area contributed by atoms with Crippen LogP contribution < -0.4 is 4.72 Å². The van der Waals surface area contributed by atoms with Gasteiger partial charge in [0, 0.05) is 18.9 Å². The summed E-state index contributed by atoms with van der Waals surface area (Å²) >= 11 is 0. The van der Waals surface area contributed by atoms with Crippen LogP contribution in [0.5, 0.6) is 0 Å². The van der Waals surface area contributed by atoms with Gasteiger partial charge in [-0.2, -0.15) is 13.2 Å². The van der Waals surface area contributed by atoms with E-state index in [9.17, 15) is 21.6 Å². The van der Waals surface area contributed by atoms with E-state index >= 15 is 0 Å². The molecule has 1 aliphatic carbocycles. The fourth-order valence-electron chi connectivity index (χ4n) is 2.94. The van der Waals surface area contributed by atoms with Gasteiger partial charge in [-0.25, -0.2) is 13.1 Å². The molecule has 0 radical (unpaired) electrons. The van der Waals surface area contributed by atoms with Crippen LogP contribution in [-0.4, -0.2) is 24.8 Å². The van der Waals surface area contributed by atoms with Crippen LogP contribution in [0.15, 0.2) is 18.5 Å². The number of halogens is 3. The van der Waals surface area contributed by atoms with Crippen molar-refractivity contribution in [1.82, 2.24) is 9.71 Å². The van der Waals surface area contributed by atoms with E-state index in [4.69, 9.17) is 0 Å². The van der Waals surface area contributed by atoms with Crippen molar-refractivity contribution in [3.63, 3.8) is 0 Å². The van der Waals surface area contributed by atoms with Crippen LogP contribution in [0.2, 0.25) is 0 Å². The van der Waals surface area contributed by atoms with Gasteiger partial charge in [0.1, 0.15) is 0 Å². The van der Waals surface area contributed by atoms with Gasteiger partial charge in [0.25, 0.3) is 0 Å². The lowest BCUT2D eigenvalue weighted by molar-refractivity contribution is -0.181. The van der Waals surface area contributed by atoms with E-state index in [1.807, 2.05) is 6.92 Å². The summed E-state index contributed by atoms with van der Waals surface area (Å²) < 4.78 is 65.1. The Balaban J connectivity index is 1.95. The molecule has 0 aromatic carbocycles. The summed E-state index contributed by atoms with van der Waals surface area (Å²) in [5.74, 6) is -1.37. The Morgan fingerprint density at radius 3 is 2.43 bits per heavy atom. The number of alkyl halides is 3. The zero-order valence-electron chi connectivity index (χ0n) is 12.9. The minimum absolute atomic E-state index is 0.0521. The summed E-state index contributed by atoms with van der Waals surface area (Å²) in [6.07, 6.45) is -0.339. The molecule has 0 aliphatic heterocycles. The smallest absolute Gasteiger partial charge is 0.264 e. The van der Waals surface area contributed by atoms with Crippen molar-refractivity contribution in [1.29, 1.82) is 0 Å². The highest BCUT2D eigenvalue weighted by molar-refractivity contribution is 7.90. The number of nitrogens with one attached hydrogen (secondary N) is 1. The third-order valence-corrected chi connectivity index (χ3v) is 6.32. The van der Waals surface area contributed by atoms with Crippen LogP contribution in [0.25, 0.3) is 0 Å². The van der Waals surface area contributed by atoms with Crippen molar-refractivity contribution in [3.8, 4) is 0 Å². The number of aryl methyl sites for hydroxylation is 1. The summed E-state index contributed by atoms with van der Waals surface area (Å²) in [6, 6.07) is 1.75. The molecule has 0 spiro atoms. The zero-order chi connectivity index (χ0) is 17.1. The average molecular weight is 350 g/mol. The number of rotatable bonds is 5. The van der Waals surface area contributed by atoms with Crippen molar-refractivity contribution in [2.45, 2.75) is 57.0 Å². The fraction of sp³-hybridized carbons (Fsp3) is 0.667. The van der Waals surface area contributed by atoms with Crippen molar-refractivity contribution in [2.24, 2.45) is 5.92 Å². The van der Waals surface area contributed by atoms with Crippen molar-refractivity contribution < 1.29 is 21.6 Å². The molecule has 0 saturated heterocycles. The second-order valence-electron chi connectivity index (χ2n) is 5.88. The molecular weight excluding hydrogens is 329 g/mol. The van der Waals surface area contributed by atoms with E-state index in [1.165, 1.54) is 0 Å². The molecule has 1 heterocycles. The summed E-state index contributed by atoms with van der Waals surface area (Å²) in [7, 11) is -3.61. The van der Waals surface area contributed by atoms with E-state index in [0.29, 0.717) is 0 Å². The SMILES string of the molecule is CCc1cnccc1CNS(=O)(=O)C1CCC(C(F)(F)F)CC1. The molecule has 0 bridgehead atoms. The van der Waals surface area contributed by atoms with Crippen molar-refractivity contribution >= 4 is 10.0 Å². The Labute approximate surface area is 134 Å². The molecule has 0 amide bonds. The predicted molar refractivity (Wildman–Crippen MR) is 81.2 cm³/mol. The fourth-order valence-corrected chi connectivity index (χ4v) is 4.43. The summed E-state index contributed by atoms with van der Waals surface area (Å²) in [6.45, 7) is 2.10. The van der Waals surface area contributed by atoms with Crippen LogP contribution in [0.4, 0.5) is 13.2 Å². The van der Waals surface area contributed by atoms with Crippen molar-refractivity contribution in [2.75, 3.05) is 0 Å². The van der Waals surface area contributed by atoms with Gasteiger partial charge in [-0.1, -0.05) is 6.92 Å². The van der Waals surface area contributed by atoms with Crippen molar-refractivity contribution in [3.05, 3.63) is 29.6 Å². The van der Waals surface area contributed by atoms with E-state index in [0.717, 1.165) is 17.5 Å². The third kappa shape index (κ3) is 4.67. The van der Waals surface area contributed by atoms with Crippen LogP contribution in [0.3, 0.4) is 0 Å². The number of pyridine rings is 1. The molecule has 1 aromatic heterocycles. The normalized spacial score (nSPS) is 23.0. The molecule has 1 aliphatic rings. The van der Waals surface area contributed by atoms with Gasteiger partial charge in [0.2, 0.25) is 10.0 Å². The van der Waals surface area contributed by atoms with Gasteiger partial charge in [0.15, 0.2) is 0 Å². The highest BCUT2D eigenvalue weighted by Gasteiger charge is 2.43. The number of sulfonamides is 1. The highest BCUT2D eigenvalue weighted by atomic mass is 32.2. The first kappa shape index (κ1) is 18.2. The predicted octanol–water partition coefficient (Wildman–Crippen LogP) is 3.18. The average Bonchev–Trinajstić information content (AvgIpc) is 2.52. The van der Waals surface area contributed by atoms with Gasteiger partial charge >= 0.3 is 6.18 Å². The molecule has 1 fully saturated rings. The lowest BCUT2D eigenvalue weighted by Gasteiger charge is -2.29. The summed E-state index contributed by atoms with van der Waals surface area (Å²) in [5, 5.41) is -0.743. The van der Waals surface area contributed by atoms with E-state index in [1.54, 1.807) is 18.5 Å². The lowest BCUT2D eigenvalue weighted by Crippen LogP contribution is -2.39. The second kappa shape index (κ2) is 7.17. The number of hydrogen-bond acceptors (Lipinski definition) is 3. The molecule has 2 rings (SSSR count). The molecule has 4 nitrogen and oxygen atoms in total. The quantitative estimate of drug-likeness (QED) is 0.887. The van der Waals surface area contributed by atoms with Crippen LogP contribution in [-0.2, 0) is 23.0 Å². The molecule has 23 heavy (non-hydrogen) atoms. The molecule has 1 saturated carbocycles. The summed E-state index contributed by atoms with van der Waals surface area (Å²) in [4.78, 5) is 4.00. The Morgan fingerprint density at radius 2 is 1.87 bits per heavy atom. The largest absolute Gasteiger partial charge is 0.391 e. The third-order valence-electron chi connectivity index (χ3n) is 4.43. The highest BCUT2D eigenvalue weighted by Crippen LogP contribution is 2.39. The minimum Gasteiger partial charge on any atom is -0.264 e. The Hall–Kier alpha value is -1.15. The molecule has 8 heteroatoms. The topological polar surface area (TPSA) is 59.1 Å². The van der Waals surface area contributed by atoms with Gasteiger partial charge in [0.05, 0.1) is 11.2 Å². The van der Waals surface area contributed by atoms with E-state index in [2.05, 4.69) is 9.71 Å². The minimum atomic E-state index is -4.23. The first-order valence-corrected chi connectivity index (χ1v) is 9.25. The second-order valence-corrected chi connectivity index (χ2v) is 7.92. The Morgan fingerprint density at radius 1 is 1.22 bits per heavy atom. The maximum atomic E-state index is 12.6. The van der Waals surface area contributed by atoms with Gasteiger partial charge < -0.3 is 0 Å². The zero-order valence-corrected chi connectivity index (χ0v) is 13.8. The molecule has 0 unspecified atom stereocenters. The maximum absolute atomic E-state index is 12.6. The first-order valence-electron chi connectivity index (χ1n) is 7.71. The number of nitrogens with zero attached hydrogens (tertiary/aromatic N) is 1. The monoisotopic (exact) mass is 350 g/mol. The lowest BCUT2D eigenvalue weighted by atomic mass is 9.88. The molecule has 1 N–H and O–H groups in total. The standard InChI is InChI=1S/C15H21F3N2O2S/c1-2-11-9-19-8-7-12(11)10-20-23(21,22)14-5-3-13(4-6-14)15(16,17)18/h7-9,13-14,20H,2-6,10H2,1H3. The molecule has 130 valence electrons. The van der Waals surface area contributed by atoms with Crippen LogP contribution in [0, 0.1) is 5.92 Å². The van der Waals surface area contributed by atoms with E-state index in [-0.39, 0.29) is 32.2 Å². The maximum Gasteiger partial charge on any atom is 0.391 e. The number of hydrogen-bond donors (Lipinski definition) is 1. The number of aromatic nitrogens is 1. The van der Waals surface area contributed by atoms with Gasteiger partial charge in [-0.05, 0) is 49.3 Å². The first-order chi connectivity index (χ1) is 10.7. The molecular formula is C15H21F3N2O2S. The Kier molecular flexibility index (Phi) is 5.67. The van der Waals surface area contributed by atoms with Crippen LogP contribution in [0.1, 0.15) is 43.7 Å². The van der Waals surface area contributed by atoms with Gasteiger partial charge in [-0.3, -0.25) is 4.98 Å².